The van der Waals surface area contributed by atoms with Crippen LogP contribution in [-0.2, 0) is 6.54 Å². The zero-order valence-electron chi connectivity index (χ0n) is 9.26. The van der Waals surface area contributed by atoms with Crippen LogP contribution in [0.5, 0.6) is 0 Å². The lowest BCUT2D eigenvalue weighted by molar-refractivity contribution is 1.01. The lowest BCUT2D eigenvalue weighted by Gasteiger charge is -2.02. The van der Waals surface area contributed by atoms with E-state index in [4.69, 9.17) is 5.73 Å². The molecule has 1 heterocycles. The normalized spacial score (nSPS) is 10.9. The van der Waals surface area contributed by atoms with Gasteiger partial charge >= 0.3 is 0 Å². The molecule has 84 valence electrons. The van der Waals surface area contributed by atoms with E-state index in [0.29, 0.717) is 6.54 Å². The van der Waals surface area contributed by atoms with Crippen molar-refractivity contribution in [3.63, 3.8) is 0 Å². The zero-order chi connectivity index (χ0) is 11.7. The first kappa shape index (κ1) is 10.4. The second kappa shape index (κ2) is 4.28. The van der Waals surface area contributed by atoms with Crippen molar-refractivity contribution < 1.29 is 0 Å². The van der Waals surface area contributed by atoms with Gasteiger partial charge in [0.2, 0.25) is 0 Å². The molecule has 0 radical (unpaired) electrons. The Morgan fingerprint density at radius 2 is 1.88 bits per heavy atom. The van der Waals surface area contributed by atoms with Gasteiger partial charge < -0.3 is 5.73 Å². The summed E-state index contributed by atoms with van der Waals surface area (Å²) >= 11 is 1.65. The van der Waals surface area contributed by atoms with Crippen LogP contribution in [-0.4, -0.2) is 4.98 Å². The van der Waals surface area contributed by atoms with Crippen molar-refractivity contribution in [2.24, 2.45) is 5.73 Å². The Balaban J connectivity index is 2.23. The lowest BCUT2D eigenvalue weighted by atomic mass is 10.1. The standard InChI is InChI=1S/C14H12N2S/c15-8-11-9-17-14(16-11)13-7-3-5-10-4-1-2-6-12(10)13/h1-7,9H,8,15H2. The third-order valence-electron chi connectivity index (χ3n) is 2.78. The van der Waals surface area contributed by atoms with E-state index in [1.54, 1.807) is 11.3 Å². The number of aromatic nitrogens is 1. The first-order valence-electron chi connectivity index (χ1n) is 5.51. The molecule has 0 fully saturated rings. The predicted molar refractivity (Wildman–Crippen MR) is 72.9 cm³/mol. The predicted octanol–water partition coefficient (Wildman–Crippen LogP) is 3.42. The molecular weight excluding hydrogens is 228 g/mol. The highest BCUT2D eigenvalue weighted by Gasteiger charge is 2.07. The molecule has 0 aliphatic heterocycles. The molecule has 3 aromatic rings. The maximum atomic E-state index is 5.60. The van der Waals surface area contributed by atoms with Gasteiger partial charge in [-0.15, -0.1) is 11.3 Å². The monoisotopic (exact) mass is 240 g/mol. The van der Waals surface area contributed by atoms with Gasteiger partial charge in [0.05, 0.1) is 5.69 Å². The van der Waals surface area contributed by atoms with Crippen molar-refractivity contribution in [2.75, 3.05) is 0 Å². The summed E-state index contributed by atoms with van der Waals surface area (Å²) in [6.45, 7) is 0.501. The van der Waals surface area contributed by atoms with Crippen molar-refractivity contribution >= 4 is 22.1 Å². The summed E-state index contributed by atoms with van der Waals surface area (Å²) in [5.41, 5.74) is 7.74. The third kappa shape index (κ3) is 1.84. The Labute approximate surface area is 104 Å². The summed E-state index contributed by atoms with van der Waals surface area (Å²) in [4.78, 5) is 4.54. The fourth-order valence-corrected chi connectivity index (χ4v) is 2.81. The van der Waals surface area contributed by atoms with Crippen LogP contribution in [0.1, 0.15) is 5.69 Å². The van der Waals surface area contributed by atoms with E-state index < -0.39 is 0 Å². The second-order valence-electron chi connectivity index (χ2n) is 3.87. The number of nitrogens with two attached hydrogens (primary N) is 1. The minimum atomic E-state index is 0.501. The van der Waals surface area contributed by atoms with Gasteiger partial charge in [0.25, 0.3) is 0 Å². The molecular formula is C14H12N2S. The fraction of sp³-hybridized carbons (Fsp3) is 0.0714. The fourth-order valence-electron chi connectivity index (χ4n) is 1.94. The van der Waals surface area contributed by atoms with Crippen molar-refractivity contribution in [2.45, 2.75) is 6.54 Å². The van der Waals surface area contributed by atoms with E-state index in [9.17, 15) is 0 Å². The summed E-state index contributed by atoms with van der Waals surface area (Å²) in [6.07, 6.45) is 0. The maximum Gasteiger partial charge on any atom is 0.124 e. The molecule has 17 heavy (non-hydrogen) atoms. The van der Waals surface area contributed by atoms with Crippen LogP contribution in [0.25, 0.3) is 21.3 Å². The van der Waals surface area contributed by atoms with Gasteiger partial charge in [0.1, 0.15) is 5.01 Å². The average Bonchev–Trinajstić information content (AvgIpc) is 2.87. The van der Waals surface area contributed by atoms with E-state index in [2.05, 4.69) is 47.4 Å². The molecule has 0 saturated heterocycles. The van der Waals surface area contributed by atoms with Crippen LogP contribution in [0, 0.1) is 0 Å². The molecule has 3 rings (SSSR count). The third-order valence-corrected chi connectivity index (χ3v) is 3.71. The summed E-state index contributed by atoms with van der Waals surface area (Å²) in [6, 6.07) is 14.7. The van der Waals surface area contributed by atoms with Gasteiger partial charge in [0, 0.05) is 17.5 Å². The van der Waals surface area contributed by atoms with E-state index in [1.165, 1.54) is 16.3 Å². The van der Waals surface area contributed by atoms with E-state index >= 15 is 0 Å². The van der Waals surface area contributed by atoms with E-state index in [1.807, 2.05) is 5.38 Å². The van der Waals surface area contributed by atoms with Crippen LogP contribution >= 0.6 is 11.3 Å². The maximum absolute atomic E-state index is 5.60. The number of fused-ring (bicyclic) bond motifs is 1. The number of hydrogen-bond donors (Lipinski definition) is 1. The van der Waals surface area contributed by atoms with Crippen LogP contribution < -0.4 is 5.73 Å². The SMILES string of the molecule is NCc1csc(-c2cccc3ccccc23)n1. The molecule has 2 nitrogen and oxygen atoms in total. The largest absolute Gasteiger partial charge is 0.325 e. The number of rotatable bonds is 2. The second-order valence-corrected chi connectivity index (χ2v) is 4.73. The summed E-state index contributed by atoms with van der Waals surface area (Å²) in [5, 5.41) is 5.56. The lowest BCUT2D eigenvalue weighted by Crippen LogP contribution is -1.95. The number of nitrogens with zero attached hydrogens (tertiary/aromatic N) is 1. The Kier molecular flexibility index (Phi) is 2.63. The van der Waals surface area contributed by atoms with Crippen molar-refractivity contribution in [3.05, 3.63) is 53.5 Å². The van der Waals surface area contributed by atoms with Gasteiger partial charge in [-0.3, -0.25) is 0 Å². The van der Waals surface area contributed by atoms with E-state index in [-0.39, 0.29) is 0 Å². The topological polar surface area (TPSA) is 38.9 Å². The van der Waals surface area contributed by atoms with Crippen molar-refractivity contribution in [3.8, 4) is 10.6 Å². The number of hydrogen-bond acceptors (Lipinski definition) is 3. The zero-order valence-corrected chi connectivity index (χ0v) is 10.1. The highest BCUT2D eigenvalue weighted by atomic mass is 32.1. The van der Waals surface area contributed by atoms with Gasteiger partial charge in [-0.25, -0.2) is 4.98 Å². The molecule has 2 N–H and O–H groups in total. The summed E-state index contributed by atoms with van der Waals surface area (Å²) < 4.78 is 0. The molecule has 0 saturated carbocycles. The average molecular weight is 240 g/mol. The van der Waals surface area contributed by atoms with E-state index in [0.717, 1.165) is 10.7 Å². The quantitative estimate of drug-likeness (QED) is 0.745. The Hall–Kier alpha value is -1.71. The molecule has 1 aromatic heterocycles. The molecule has 0 aliphatic carbocycles. The smallest absolute Gasteiger partial charge is 0.124 e. The Bertz CT molecular complexity index is 653. The van der Waals surface area contributed by atoms with Crippen LogP contribution in [0.15, 0.2) is 47.8 Å². The highest BCUT2D eigenvalue weighted by Crippen LogP contribution is 2.30. The van der Waals surface area contributed by atoms with Gasteiger partial charge in [-0.2, -0.15) is 0 Å². The first-order valence-corrected chi connectivity index (χ1v) is 6.39. The van der Waals surface area contributed by atoms with Gasteiger partial charge in [0.15, 0.2) is 0 Å². The van der Waals surface area contributed by atoms with Crippen LogP contribution in [0.2, 0.25) is 0 Å². The minimum absolute atomic E-state index is 0.501. The van der Waals surface area contributed by atoms with Crippen LogP contribution in [0.3, 0.4) is 0 Å². The van der Waals surface area contributed by atoms with Gasteiger partial charge in [-0.05, 0) is 10.8 Å². The Morgan fingerprint density at radius 3 is 2.71 bits per heavy atom. The van der Waals surface area contributed by atoms with Crippen molar-refractivity contribution in [1.29, 1.82) is 0 Å². The molecule has 3 heteroatoms. The molecule has 0 bridgehead atoms. The molecule has 0 unspecified atom stereocenters. The number of thiazole rings is 1. The van der Waals surface area contributed by atoms with Crippen LogP contribution in [0.4, 0.5) is 0 Å². The summed E-state index contributed by atoms with van der Waals surface area (Å²) in [5.74, 6) is 0. The highest BCUT2D eigenvalue weighted by molar-refractivity contribution is 7.13. The van der Waals surface area contributed by atoms with Crippen molar-refractivity contribution in [1.82, 2.24) is 4.98 Å². The minimum Gasteiger partial charge on any atom is -0.325 e. The first-order chi connectivity index (χ1) is 8.38. The molecule has 0 spiro atoms. The molecule has 0 amide bonds. The Morgan fingerprint density at radius 1 is 1.06 bits per heavy atom. The number of benzene rings is 2. The molecule has 0 atom stereocenters. The summed E-state index contributed by atoms with van der Waals surface area (Å²) in [7, 11) is 0. The van der Waals surface area contributed by atoms with Gasteiger partial charge in [-0.1, -0.05) is 42.5 Å². The molecule has 0 aliphatic rings. The molecule has 2 aromatic carbocycles.